The zero-order chi connectivity index (χ0) is 14.5. The molecule has 106 valence electrons. The Balaban J connectivity index is 1.97. The van der Waals surface area contributed by atoms with Crippen molar-refractivity contribution >= 4 is 17.3 Å². The number of nitrogens with one attached hydrogen (secondary N) is 1. The first-order chi connectivity index (χ1) is 9.58. The molecule has 0 amide bonds. The third-order valence-electron chi connectivity index (χ3n) is 3.03. The van der Waals surface area contributed by atoms with E-state index in [1.807, 2.05) is 24.3 Å². The van der Waals surface area contributed by atoms with Crippen LogP contribution in [0.25, 0.3) is 0 Å². The van der Waals surface area contributed by atoms with E-state index in [1.54, 1.807) is 19.2 Å². The standard InChI is InChI=1S/C16H17ClFNO/c1-11(9-12-3-6-14(20-2)7-4-12)19-13-5-8-15(17)16(18)10-13/h3-8,10-11,19H,9H2,1-2H3. The lowest BCUT2D eigenvalue weighted by molar-refractivity contribution is 0.414. The summed E-state index contributed by atoms with van der Waals surface area (Å²) in [4.78, 5) is 0. The average Bonchev–Trinajstić information content (AvgIpc) is 2.44. The van der Waals surface area contributed by atoms with E-state index in [1.165, 1.54) is 11.6 Å². The van der Waals surface area contributed by atoms with Gasteiger partial charge >= 0.3 is 0 Å². The van der Waals surface area contributed by atoms with Crippen LogP contribution in [-0.2, 0) is 6.42 Å². The van der Waals surface area contributed by atoms with Crippen LogP contribution in [0, 0.1) is 5.82 Å². The summed E-state index contributed by atoms with van der Waals surface area (Å²) in [5.74, 6) is 0.433. The molecule has 0 spiro atoms. The fraction of sp³-hybridized carbons (Fsp3) is 0.250. The summed E-state index contributed by atoms with van der Waals surface area (Å²) in [6.45, 7) is 2.05. The summed E-state index contributed by atoms with van der Waals surface area (Å²) in [5.41, 5.74) is 1.92. The summed E-state index contributed by atoms with van der Waals surface area (Å²) < 4.78 is 18.5. The molecule has 1 atom stereocenters. The molecular weight excluding hydrogens is 277 g/mol. The van der Waals surface area contributed by atoms with Gasteiger partial charge in [0.15, 0.2) is 0 Å². The molecule has 20 heavy (non-hydrogen) atoms. The highest BCUT2D eigenvalue weighted by Gasteiger charge is 2.06. The highest BCUT2D eigenvalue weighted by Crippen LogP contribution is 2.20. The van der Waals surface area contributed by atoms with Gasteiger partial charge in [0, 0.05) is 11.7 Å². The van der Waals surface area contributed by atoms with Gasteiger partial charge in [0.25, 0.3) is 0 Å². The van der Waals surface area contributed by atoms with E-state index in [4.69, 9.17) is 16.3 Å². The van der Waals surface area contributed by atoms with Gasteiger partial charge in [-0.3, -0.25) is 0 Å². The second kappa shape index (κ2) is 6.62. The lowest BCUT2D eigenvalue weighted by Gasteiger charge is -2.16. The van der Waals surface area contributed by atoms with Crippen LogP contribution in [0.3, 0.4) is 0 Å². The van der Waals surface area contributed by atoms with Gasteiger partial charge in [-0.1, -0.05) is 23.7 Å². The lowest BCUT2D eigenvalue weighted by Crippen LogP contribution is -2.18. The van der Waals surface area contributed by atoms with E-state index in [0.29, 0.717) is 0 Å². The summed E-state index contributed by atoms with van der Waals surface area (Å²) in [6.07, 6.45) is 0.842. The second-order valence-electron chi connectivity index (χ2n) is 4.73. The Bertz CT molecular complexity index is 571. The van der Waals surface area contributed by atoms with E-state index in [0.717, 1.165) is 17.9 Å². The third-order valence-corrected chi connectivity index (χ3v) is 3.34. The predicted molar refractivity (Wildman–Crippen MR) is 81.2 cm³/mol. The normalized spacial score (nSPS) is 12.0. The summed E-state index contributed by atoms with van der Waals surface area (Å²) in [5, 5.41) is 3.39. The molecule has 2 rings (SSSR count). The molecule has 0 bridgehead atoms. The van der Waals surface area contributed by atoms with E-state index in [2.05, 4.69) is 12.2 Å². The molecule has 0 radical (unpaired) electrons. The Morgan fingerprint density at radius 3 is 2.50 bits per heavy atom. The minimum atomic E-state index is -0.409. The maximum Gasteiger partial charge on any atom is 0.143 e. The fourth-order valence-corrected chi connectivity index (χ4v) is 2.15. The van der Waals surface area contributed by atoms with Crippen molar-refractivity contribution in [2.75, 3.05) is 12.4 Å². The number of benzene rings is 2. The van der Waals surface area contributed by atoms with Crippen LogP contribution in [-0.4, -0.2) is 13.2 Å². The Morgan fingerprint density at radius 2 is 1.90 bits per heavy atom. The molecule has 0 saturated heterocycles. The number of hydrogen-bond acceptors (Lipinski definition) is 2. The first kappa shape index (κ1) is 14.7. The molecule has 0 aliphatic rings. The molecule has 0 heterocycles. The summed E-state index contributed by atoms with van der Waals surface area (Å²) in [6, 6.07) is 12.8. The van der Waals surface area contributed by atoms with Crippen molar-refractivity contribution in [1.82, 2.24) is 0 Å². The zero-order valence-electron chi connectivity index (χ0n) is 11.5. The van der Waals surface area contributed by atoms with Crippen molar-refractivity contribution in [2.24, 2.45) is 0 Å². The number of rotatable bonds is 5. The van der Waals surface area contributed by atoms with Gasteiger partial charge in [-0.2, -0.15) is 0 Å². The topological polar surface area (TPSA) is 21.3 Å². The van der Waals surface area contributed by atoms with Crippen LogP contribution >= 0.6 is 11.6 Å². The van der Waals surface area contributed by atoms with E-state index >= 15 is 0 Å². The Morgan fingerprint density at radius 1 is 1.20 bits per heavy atom. The molecule has 2 aromatic carbocycles. The molecule has 0 aromatic heterocycles. The fourth-order valence-electron chi connectivity index (χ4n) is 2.04. The monoisotopic (exact) mass is 293 g/mol. The van der Waals surface area contributed by atoms with Gasteiger partial charge in [-0.25, -0.2) is 4.39 Å². The number of halogens is 2. The molecular formula is C16H17ClFNO. The summed E-state index contributed by atoms with van der Waals surface area (Å²) in [7, 11) is 1.65. The van der Waals surface area contributed by atoms with E-state index in [9.17, 15) is 4.39 Å². The van der Waals surface area contributed by atoms with Crippen LogP contribution < -0.4 is 10.1 Å². The van der Waals surface area contributed by atoms with E-state index < -0.39 is 5.82 Å². The van der Waals surface area contributed by atoms with Crippen molar-refractivity contribution in [2.45, 2.75) is 19.4 Å². The van der Waals surface area contributed by atoms with E-state index in [-0.39, 0.29) is 11.1 Å². The van der Waals surface area contributed by atoms with Gasteiger partial charge in [0.1, 0.15) is 11.6 Å². The second-order valence-corrected chi connectivity index (χ2v) is 5.13. The number of methoxy groups -OCH3 is 1. The summed E-state index contributed by atoms with van der Waals surface area (Å²) >= 11 is 5.66. The smallest absolute Gasteiger partial charge is 0.143 e. The molecule has 2 nitrogen and oxygen atoms in total. The Labute approximate surface area is 123 Å². The van der Waals surface area contributed by atoms with Crippen LogP contribution in [0.1, 0.15) is 12.5 Å². The minimum absolute atomic E-state index is 0.137. The quantitative estimate of drug-likeness (QED) is 0.874. The van der Waals surface area contributed by atoms with Crippen molar-refractivity contribution in [3.05, 3.63) is 58.9 Å². The highest BCUT2D eigenvalue weighted by atomic mass is 35.5. The molecule has 0 aliphatic heterocycles. The van der Waals surface area contributed by atoms with Gasteiger partial charge in [-0.15, -0.1) is 0 Å². The van der Waals surface area contributed by atoms with Crippen LogP contribution in [0.4, 0.5) is 10.1 Å². The van der Waals surface area contributed by atoms with Gasteiger partial charge in [0.2, 0.25) is 0 Å². The molecule has 1 N–H and O–H groups in total. The molecule has 0 aliphatic carbocycles. The SMILES string of the molecule is COc1ccc(CC(C)Nc2ccc(Cl)c(F)c2)cc1. The van der Waals surface area contributed by atoms with Crippen molar-refractivity contribution in [3.63, 3.8) is 0 Å². The Kier molecular flexibility index (Phi) is 4.85. The molecule has 0 saturated carbocycles. The highest BCUT2D eigenvalue weighted by molar-refractivity contribution is 6.30. The number of ether oxygens (including phenoxy) is 1. The van der Waals surface area contributed by atoms with Gasteiger partial charge < -0.3 is 10.1 Å². The zero-order valence-corrected chi connectivity index (χ0v) is 12.2. The molecule has 4 heteroatoms. The number of anilines is 1. The van der Waals surface area contributed by atoms with Gasteiger partial charge in [0.05, 0.1) is 12.1 Å². The predicted octanol–water partition coefficient (Wildman–Crippen LogP) is 4.53. The molecule has 2 aromatic rings. The average molecular weight is 294 g/mol. The van der Waals surface area contributed by atoms with Crippen molar-refractivity contribution in [1.29, 1.82) is 0 Å². The first-order valence-electron chi connectivity index (χ1n) is 6.43. The van der Waals surface area contributed by atoms with Crippen molar-refractivity contribution < 1.29 is 9.13 Å². The molecule has 1 unspecified atom stereocenters. The maximum absolute atomic E-state index is 13.4. The third kappa shape index (κ3) is 3.87. The first-order valence-corrected chi connectivity index (χ1v) is 6.81. The Hall–Kier alpha value is -1.74. The lowest BCUT2D eigenvalue weighted by atomic mass is 10.1. The van der Waals surface area contributed by atoms with Crippen LogP contribution in [0.2, 0.25) is 5.02 Å². The largest absolute Gasteiger partial charge is 0.497 e. The van der Waals surface area contributed by atoms with Gasteiger partial charge in [-0.05, 0) is 49.2 Å². The van der Waals surface area contributed by atoms with Crippen LogP contribution in [0.15, 0.2) is 42.5 Å². The van der Waals surface area contributed by atoms with Crippen LogP contribution in [0.5, 0.6) is 5.75 Å². The minimum Gasteiger partial charge on any atom is -0.497 e. The maximum atomic E-state index is 13.4. The molecule has 0 fully saturated rings. The number of hydrogen-bond donors (Lipinski definition) is 1. The van der Waals surface area contributed by atoms with Crippen molar-refractivity contribution in [3.8, 4) is 5.75 Å².